The van der Waals surface area contributed by atoms with E-state index in [1.54, 1.807) is 6.07 Å². The van der Waals surface area contributed by atoms with Crippen molar-refractivity contribution in [2.45, 2.75) is 20.8 Å². The van der Waals surface area contributed by atoms with Crippen molar-refractivity contribution in [2.24, 2.45) is 0 Å². The molecular formula is C14H15FN2. The van der Waals surface area contributed by atoms with Crippen molar-refractivity contribution in [3.8, 4) is 11.1 Å². The molecule has 1 aromatic heterocycles. The van der Waals surface area contributed by atoms with Crippen molar-refractivity contribution in [1.29, 1.82) is 0 Å². The van der Waals surface area contributed by atoms with Crippen LogP contribution in [0, 0.1) is 26.6 Å². The molecule has 0 spiro atoms. The van der Waals surface area contributed by atoms with Crippen molar-refractivity contribution in [1.82, 2.24) is 4.98 Å². The van der Waals surface area contributed by atoms with Crippen molar-refractivity contribution < 1.29 is 4.39 Å². The highest BCUT2D eigenvalue weighted by Crippen LogP contribution is 2.31. The van der Waals surface area contributed by atoms with Gasteiger partial charge in [-0.25, -0.2) is 4.39 Å². The van der Waals surface area contributed by atoms with E-state index in [1.165, 1.54) is 0 Å². The lowest BCUT2D eigenvalue weighted by molar-refractivity contribution is 0.634. The average Bonchev–Trinajstić information content (AvgIpc) is 2.27. The monoisotopic (exact) mass is 230 g/mol. The number of aryl methyl sites for hydroxylation is 3. The van der Waals surface area contributed by atoms with E-state index in [4.69, 9.17) is 5.73 Å². The molecule has 0 bridgehead atoms. The quantitative estimate of drug-likeness (QED) is 0.762. The van der Waals surface area contributed by atoms with Gasteiger partial charge in [0.2, 0.25) is 0 Å². The maximum atomic E-state index is 14.1. The highest BCUT2D eigenvalue weighted by molar-refractivity contribution is 5.73. The number of aromatic nitrogens is 1. The van der Waals surface area contributed by atoms with Gasteiger partial charge in [-0.3, -0.25) is 4.98 Å². The number of hydrogen-bond donors (Lipinski definition) is 1. The van der Waals surface area contributed by atoms with E-state index in [2.05, 4.69) is 4.98 Å². The number of nitrogens with zero attached hydrogens (tertiary/aromatic N) is 1. The van der Waals surface area contributed by atoms with Crippen LogP contribution in [0.15, 0.2) is 24.3 Å². The van der Waals surface area contributed by atoms with E-state index in [0.29, 0.717) is 5.56 Å². The summed E-state index contributed by atoms with van der Waals surface area (Å²) in [5.74, 6) is -0.362. The van der Waals surface area contributed by atoms with E-state index in [0.717, 1.165) is 22.5 Å². The molecule has 0 fully saturated rings. The van der Waals surface area contributed by atoms with E-state index in [-0.39, 0.29) is 11.5 Å². The van der Waals surface area contributed by atoms with Gasteiger partial charge in [-0.05, 0) is 38.5 Å². The number of rotatable bonds is 1. The van der Waals surface area contributed by atoms with E-state index in [1.807, 2.05) is 39.0 Å². The molecule has 2 N–H and O–H groups in total. The van der Waals surface area contributed by atoms with E-state index in [9.17, 15) is 4.39 Å². The number of benzene rings is 1. The SMILES string of the molecule is Cc1ccc(-c2c(C)ccc(N)c2F)c(C)n1. The molecule has 0 aliphatic heterocycles. The minimum Gasteiger partial charge on any atom is -0.396 e. The van der Waals surface area contributed by atoms with Gasteiger partial charge in [-0.2, -0.15) is 0 Å². The topological polar surface area (TPSA) is 38.9 Å². The fourth-order valence-electron chi connectivity index (χ4n) is 1.97. The Morgan fingerprint density at radius 3 is 2.41 bits per heavy atom. The Hall–Kier alpha value is -1.90. The number of nitrogen functional groups attached to an aromatic ring is 1. The van der Waals surface area contributed by atoms with Crippen LogP contribution in [0.1, 0.15) is 17.0 Å². The summed E-state index contributed by atoms with van der Waals surface area (Å²) in [6.07, 6.45) is 0. The van der Waals surface area contributed by atoms with Gasteiger partial charge in [0.25, 0.3) is 0 Å². The average molecular weight is 230 g/mol. The Bertz CT molecular complexity index is 577. The summed E-state index contributed by atoms with van der Waals surface area (Å²) in [4.78, 5) is 4.35. The highest BCUT2D eigenvalue weighted by Gasteiger charge is 2.13. The number of anilines is 1. The van der Waals surface area contributed by atoms with E-state index >= 15 is 0 Å². The summed E-state index contributed by atoms with van der Waals surface area (Å²) < 4.78 is 14.1. The first-order valence-electron chi connectivity index (χ1n) is 5.50. The van der Waals surface area contributed by atoms with Crippen LogP contribution in [0.4, 0.5) is 10.1 Å². The van der Waals surface area contributed by atoms with Crippen molar-refractivity contribution >= 4 is 5.69 Å². The second-order valence-electron chi connectivity index (χ2n) is 4.25. The molecule has 3 heteroatoms. The molecular weight excluding hydrogens is 215 g/mol. The summed E-state index contributed by atoms with van der Waals surface area (Å²) in [6, 6.07) is 7.19. The Morgan fingerprint density at radius 1 is 1.06 bits per heavy atom. The van der Waals surface area contributed by atoms with Gasteiger partial charge in [0.05, 0.1) is 5.69 Å². The lowest BCUT2D eigenvalue weighted by atomic mass is 9.98. The highest BCUT2D eigenvalue weighted by atomic mass is 19.1. The first kappa shape index (κ1) is 11.6. The molecule has 88 valence electrons. The third kappa shape index (κ3) is 2.00. The van der Waals surface area contributed by atoms with Crippen LogP contribution in [-0.2, 0) is 0 Å². The number of hydrogen-bond acceptors (Lipinski definition) is 2. The van der Waals surface area contributed by atoms with Crippen LogP contribution in [0.5, 0.6) is 0 Å². The maximum absolute atomic E-state index is 14.1. The second kappa shape index (κ2) is 4.17. The standard InChI is InChI=1S/C14H15FN2/c1-8-4-7-12(16)14(15)13(8)11-6-5-9(2)17-10(11)3/h4-7H,16H2,1-3H3. The van der Waals surface area contributed by atoms with Gasteiger partial charge in [0, 0.05) is 22.5 Å². The Morgan fingerprint density at radius 2 is 1.76 bits per heavy atom. The van der Waals surface area contributed by atoms with Gasteiger partial charge in [-0.15, -0.1) is 0 Å². The van der Waals surface area contributed by atoms with Crippen LogP contribution in [-0.4, -0.2) is 4.98 Å². The summed E-state index contributed by atoms with van der Waals surface area (Å²) >= 11 is 0. The van der Waals surface area contributed by atoms with Crippen LogP contribution in [0.2, 0.25) is 0 Å². The molecule has 0 unspecified atom stereocenters. The first-order chi connectivity index (χ1) is 8.00. The molecule has 2 aromatic rings. The minimum absolute atomic E-state index is 0.172. The first-order valence-corrected chi connectivity index (χ1v) is 5.50. The predicted octanol–water partition coefficient (Wildman–Crippen LogP) is 3.40. The zero-order valence-electron chi connectivity index (χ0n) is 10.2. The second-order valence-corrected chi connectivity index (χ2v) is 4.25. The lowest BCUT2D eigenvalue weighted by Crippen LogP contribution is -1.99. The Kier molecular flexibility index (Phi) is 2.84. The van der Waals surface area contributed by atoms with Crippen LogP contribution >= 0.6 is 0 Å². The zero-order chi connectivity index (χ0) is 12.6. The Balaban J connectivity index is 2.72. The lowest BCUT2D eigenvalue weighted by Gasteiger charge is -2.12. The molecule has 2 rings (SSSR count). The van der Waals surface area contributed by atoms with Crippen molar-refractivity contribution in [3.05, 3.63) is 47.0 Å². The summed E-state index contributed by atoms with van der Waals surface area (Å²) in [5, 5.41) is 0. The summed E-state index contributed by atoms with van der Waals surface area (Å²) in [7, 11) is 0. The molecule has 0 aliphatic rings. The number of pyridine rings is 1. The predicted molar refractivity (Wildman–Crippen MR) is 68.3 cm³/mol. The molecule has 17 heavy (non-hydrogen) atoms. The molecule has 0 atom stereocenters. The van der Waals surface area contributed by atoms with Crippen LogP contribution in [0.3, 0.4) is 0 Å². The molecule has 2 nitrogen and oxygen atoms in total. The fraction of sp³-hybridized carbons (Fsp3) is 0.214. The maximum Gasteiger partial charge on any atom is 0.154 e. The number of nitrogens with two attached hydrogens (primary N) is 1. The van der Waals surface area contributed by atoms with E-state index < -0.39 is 0 Å². The summed E-state index contributed by atoms with van der Waals surface area (Å²) in [6.45, 7) is 5.67. The normalized spacial score (nSPS) is 10.6. The van der Waals surface area contributed by atoms with Gasteiger partial charge < -0.3 is 5.73 Å². The molecule has 1 aromatic carbocycles. The van der Waals surface area contributed by atoms with Gasteiger partial charge >= 0.3 is 0 Å². The van der Waals surface area contributed by atoms with Crippen LogP contribution < -0.4 is 5.73 Å². The minimum atomic E-state index is -0.362. The van der Waals surface area contributed by atoms with Gasteiger partial charge in [-0.1, -0.05) is 12.1 Å². The van der Waals surface area contributed by atoms with Crippen molar-refractivity contribution in [3.63, 3.8) is 0 Å². The fourth-order valence-corrected chi connectivity index (χ4v) is 1.97. The zero-order valence-corrected chi connectivity index (χ0v) is 10.2. The molecule has 0 radical (unpaired) electrons. The molecule has 0 saturated heterocycles. The van der Waals surface area contributed by atoms with Crippen LogP contribution in [0.25, 0.3) is 11.1 Å². The largest absolute Gasteiger partial charge is 0.396 e. The summed E-state index contributed by atoms with van der Waals surface area (Å²) in [5.41, 5.74) is 9.75. The smallest absolute Gasteiger partial charge is 0.154 e. The molecule has 1 heterocycles. The Labute approximate surface area is 100 Å². The molecule has 0 aliphatic carbocycles. The van der Waals surface area contributed by atoms with Gasteiger partial charge in [0.15, 0.2) is 5.82 Å². The molecule has 0 amide bonds. The van der Waals surface area contributed by atoms with Crippen molar-refractivity contribution in [2.75, 3.05) is 5.73 Å². The molecule has 0 saturated carbocycles. The van der Waals surface area contributed by atoms with Gasteiger partial charge in [0.1, 0.15) is 0 Å². The third-order valence-electron chi connectivity index (χ3n) is 2.87. The number of halogens is 1. The third-order valence-corrected chi connectivity index (χ3v) is 2.87.